The van der Waals surface area contributed by atoms with E-state index in [1.807, 2.05) is 0 Å². The third-order valence-corrected chi connectivity index (χ3v) is 2.12. The molecule has 0 atom stereocenters. The van der Waals surface area contributed by atoms with E-state index in [1.165, 1.54) is 5.32 Å². The van der Waals surface area contributed by atoms with Crippen molar-refractivity contribution in [1.29, 1.82) is 0 Å². The van der Waals surface area contributed by atoms with E-state index in [-0.39, 0.29) is 0 Å². The minimum Gasteiger partial charge on any atom is -0.508 e. The highest BCUT2D eigenvalue weighted by atomic mass is 19.4. The minimum atomic E-state index is -6.11. The second kappa shape index (κ2) is 4.94. The van der Waals surface area contributed by atoms with E-state index in [0.29, 0.717) is 12.1 Å². The van der Waals surface area contributed by atoms with E-state index in [2.05, 4.69) is 0 Å². The van der Waals surface area contributed by atoms with Crippen LogP contribution in [0.25, 0.3) is 0 Å². The van der Waals surface area contributed by atoms with Crippen molar-refractivity contribution in [3.63, 3.8) is 0 Å². The quantitative estimate of drug-likeness (QED) is 0.590. The Labute approximate surface area is 107 Å². The van der Waals surface area contributed by atoms with Gasteiger partial charge in [0.25, 0.3) is 0 Å². The standard InChI is InChI=1S/C10H6F5NO4/c11-9(12,10(13,14)15)8(20)16-6-2-1-4(17)3-5(6)7(18)19/h1-3,17H,(H,16,20)(H,18,19). The molecule has 0 aromatic heterocycles. The minimum absolute atomic E-state index is 0.567. The predicted octanol–water partition coefficient (Wildman–Crippen LogP) is 2.23. The predicted molar refractivity (Wildman–Crippen MR) is 54.7 cm³/mol. The van der Waals surface area contributed by atoms with Gasteiger partial charge < -0.3 is 15.5 Å². The Morgan fingerprint density at radius 2 is 1.65 bits per heavy atom. The molecule has 0 fully saturated rings. The fourth-order valence-corrected chi connectivity index (χ4v) is 1.15. The molecule has 0 saturated heterocycles. The van der Waals surface area contributed by atoms with Crippen molar-refractivity contribution in [2.45, 2.75) is 12.1 Å². The molecule has 0 aliphatic rings. The molecule has 0 unspecified atom stereocenters. The zero-order valence-electron chi connectivity index (χ0n) is 9.33. The van der Waals surface area contributed by atoms with Crippen molar-refractivity contribution < 1.29 is 41.8 Å². The molecule has 0 heterocycles. The number of carbonyl (C=O) groups excluding carboxylic acids is 1. The number of anilines is 1. The SMILES string of the molecule is O=C(O)c1cc(O)ccc1NC(=O)C(F)(F)C(F)(F)F. The van der Waals surface area contributed by atoms with E-state index >= 15 is 0 Å². The van der Waals surface area contributed by atoms with Crippen LogP contribution in [0.2, 0.25) is 0 Å². The summed E-state index contributed by atoms with van der Waals surface area (Å²) in [7, 11) is 0. The number of aromatic hydroxyl groups is 1. The highest BCUT2D eigenvalue weighted by molar-refractivity contribution is 6.03. The molecule has 0 radical (unpaired) electrons. The van der Waals surface area contributed by atoms with Gasteiger partial charge in [0.2, 0.25) is 0 Å². The lowest BCUT2D eigenvalue weighted by molar-refractivity contribution is -0.267. The van der Waals surface area contributed by atoms with Crippen LogP contribution in [0.5, 0.6) is 5.75 Å². The number of alkyl halides is 5. The number of hydrogen-bond donors (Lipinski definition) is 3. The molecule has 0 spiro atoms. The molecule has 1 aromatic rings. The van der Waals surface area contributed by atoms with Gasteiger partial charge in [-0.1, -0.05) is 0 Å². The van der Waals surface area contributed by atoms with Crippen LogP contribution >= 0.6 is 0 Å². The van der Waals surface area contributed by atoms with Gasteiger partial charge in [0.1, 0.15) is 5.75 Å². The van der Waals surface area contributed by atoms with E-state index < -0.39 is 41.0 Å². The number of hydrogen-bond acceptors (Lipinski definition) is 3. The zero-order chi connectivity index (χ0) is 15.7. The summed E-state index contributed by atoms with van der Waals surface area (Å²) in [6.45, 7) is 0. The number of phenolic OH excluding ortho intramolecular Hbond substituents is 1. The fraction of sp³-hybridized carbons (Fsp3) is 0.200. The first-order valence-electron chi connectivity index (χ1n) is 4.79. The van der Waals surface area contributed by atoms with Crippen molar-refractivity contribution in [2.24, 2.45) is 0 Å². The van der Waals surface area contributed by atoms with Crippen LogP contribution in [0.4, 0.5) is 27.6 Å². The Hall–Kier alpha value is -2.39. The van der Waals surface area contributed by atoms with Crippen LogP contribution in [0, 0.1) is 0 Å². The van der Waals surface area contributed by atoms with E-state index in [9.17, 15) is 31.5 Å². The number of carboxylic acids is 1. The average molecular weight is 299 g/mol. The van der Waals surface area contributed by atoms with Gasteiger partial charge in [-0.3, -0.25) is 4.79 Å². The Balaban J connectivity index is 3.12. The van der Waals surface area contributed by atoms with Gasteiger partial charge >= 0.3 is 24.0 Å². The molecular weight excluding hydrogens is 293 g/mol. The molecule has 110 valence electrons. The lowest BCUT2D eigenvalue weighted by atomic mass is 10.1. The number of carboxylic acid groups (broad SMARTS) is 1. The van der Waals surface area contributed by atoms with Crippen molar-refractivity contribution in [3.8, 4) is 5.75 Å². The van der Waals surface area contributed by atoms with Gasteiger partial charge in [-0.05, 0) is 18.2 Å². The normalized spacial score (nSPS) is 12.1. The first-order valence-corrected chi connectivity index (χ1v) is 4.79. The van der Waals surface area contributed by atoms with E-state index in [0.717, 1.165) is 6.07 Å². The van der Waals surface area contributed by atoms with Crippen LogP contribution in [-0.4, -0.2) is 34.2 Å². The maximum atomic E-state index is 12.7. The first kappa shape index (κ1) is 15.7. The van der Waals surface area contributed by atoms with Crippen LogP contribution in [-0.2, 0) is 4.79 Å². The molecule has 0 bridgehead atoms. The van der Waals surface area contributed by atoms with E-state index in [4.69, 9.17) is 10.2 Å². The number of amides is 1. The lowest BCUT2D eigenvalue weighted by Crippen LogP contribution is -2.47. The number of nitrogens with one attached hydrogen (secondary N) is 1. The van der Waals surface area contributed by atoms with Crippen LogP contribution in [0.1, 0.15) is 10.4 Å². The Bertz CT molecular complexity index is 555. The monoisotopic (exact) mass is 299 g/mol. The third-order valence-electron chi connectivity index (χ3n) is 2.12. The summed E-state index contributed by atoms with van der Waals surface area (Å²) in [5, 5.41) is 18.9. The average Bonchev–Trinajstić information content (AvgIpc) is 2.29. The topological polar surface area (TPSA) is 86.6 Å². The molecule has 1 amide bonds. The molecule has 0 aliphatic carbocycles. The van der Waals surface area contributed by atoms with Gasteiger partial charge in [0, 0.05) is 0 Å². The van der Waals surface area contributed by atoms with Crippen LogP contribution in [0.3, 0.4) is 0 Å². The van der Waals surface area contributed by atoms with Crippen LogP contribution in [0.15, 0.2) is 18.2 Å². The Morgan fingerprint density at radius 1 is 1.10 bits per heavy atom. The maximum absolute atomic E-state index is 12.7. The molecule has 1 aromatic carbocycles. The number of benzene rings is 1. The van der Waals surface area contributed by atoms with Crippen molar-refractivity contribution in [3.05, 3.63) is 23.8 Å². The van der Waals surface area contributed by atoms with Crippen LogP contribution < -0.4 is 5.32 Å². The van der Waals surface area contributed by atoms with E-state index in [1.54, 1.807) is 0 Å². The highest BCUT2D eigenvalue weighted by Gasteiger charge is 2.63. The number of halogens is 5. The summed E-state index contributed by atoms with van der Waals surface area (Å²) in [6.07, 6.45) is -6.11. The second-order valence-corrected chi connectivity index (χ2v) is 3.56. The first-order chi connectivity index (χ1) is 8.96. The maximum Gasteiger partial charge on any atom is 0.463 e. The molecule has 0 aliphatic heterocycles. The van der Waals surface area contributed by atoms with Crippen molar-refractivity contribution in [2.75, 3.05) is 5.32 Å². The smallest absolute Gasteiger partial charge is 0.463 e. The molecule has 3 N–H and O–H groups in total. The summed E-state index contributed by atoms with van der Waals surface area (Å²) in [4.78, 5) is 21.6. The molecule has 1 rings (SSSR count). The van der Waals surface area contributed by atoms with Gasteiger partial charge in [-0.2, -0.15) is 22.0 Å². The summed E-state index contributed by atoms with van der Waals surface area (Å²) >= 11 is 0. The Morgan fingerprint density at radius 3 is 2.10 bits per heavy atom. The molecule has 5 nitrogen and oxygen atoms in total. The summed E-state index contributed by atoms with van der Waals surface area (Å²) in [5.74, 6) is -10.7. The summed E-state index contributed by atoms with van der Waals surface area (Å²) in [5.41, 5.74) is -1.64. The van der Waals surface area contributed by atoms with Gasteiger partial charge in [0.15, 0.2) is 0 Å². The van der Waals surface area contributed by atoms with Crippen molar-refractivity contribution in [1.82, 2.24) is 0 Å². The molecular formula is C10H6F5NO4. The fourth-order valence-electron chi connectivity index (χ4n) is 1.15. The molecule has 0 saturated carbocycles. The number of aromatic carboxylic acids is 1. The number of carbonyl (C=O) groups is 2. The second-order valence-electron chi connectivity index (χ2n) is 3.56. The molecule has 10 heteroatoms. The van der Waals surface area contributed by atoms with Gasteiger partial charge in [0.05, 0.1) is 11.3 Å². The van der Waals surface area contributed by atoms with Gasteiger partial charge in [-0.25, -0.2) is 4.79 Å². The zero-order valence-corrected chi connectivity index (χ0v) is 9.33. The number of rotatable bonds is 3. The Kier molecular flexibility index (Phi) is 3.87. The van der Waals surface area contributed by atoms with Gasteiger partial charge in [-0.15, -0.1) is 0 Å². The van der Waals surface area contributed by atoms with Crippen molar-refractivity contribution >= 4 is 17.6 Å². The largest absolute Gasteiger partial charge is 0.508 e. The summed E-state index contributed by atoms with van der Waals surface area (Å²) < 4.78 is 61.2. The number of phenols is 1. The third kappa shape index (κ3) is 2.95. The summed E-state index contributed by atoms with van der Waals surface area (Å²) in [6, 6.07) is 2.08. The molecule has 20 heavy (non-hydrogen) atoms. The highest BCUT2D eigenvalue weighted by Crippen LogP contribution is 2.36. The lowest BCUT2D eigenvalue weighted by Gasteiger charge is -2.19.